The summed E-state index contributed by atoms with van der Waals surface area (Å²) in [6, 6.07) is 6.36. The van der Waals surface area contributed by atoms with Crippen molar-refractivity contribution in [3.8, 4) is 0 Å². The third-order valence-electron chi connectivity index (χ3n) is 2.87. The number of rotatable bonds is 4. The molecule has 2 aromatic heterocycles. The topological polar surface area (TPSA) is 106 Å². The third-order valence-corrected chi connectivity index (χ3v) is 2.87. The van der Waals surface area contributed by atoms with E-state index in [1.165, 1.54) is 12.3 Å². The van der Waals surface area contributed by atoms with Gasteiger partial charge >= 0.3 is 5.97 Å². The molecule has 0 aliphatic rings. The average Bonchev–Trinajstić information content (AvgIpc) is 2.39. The van der Waals surface area contributed by atoms with Crippen LogP contribution in [0.2, 0.25) is 0 Å². The van der Waals surface area contributed by atoms with Gasteiger partial charge in [-0.05, 0) is 30.7 Å². The summed E-state index contributed by atoms with van der Waals surface area (Å²) in [5.41, 5.74) is 6.59. The van der Waals surface area contributed by atoms with Crippen LogP contribution in [-0.4, -0.2) is 27.0 Å². The number of aryl methyl sites for hydroxylation is 1. The number of aliphatic carboxylic acids is 1. The highest BCUT2D eigenvalue weighted by atomic mass is 16.4. The lowest BCUT2D eigenvalue weighted by Gasteiger charge is -2.15. The number of carbonyl (C=O) groups is 2. The molecule has 1 atom stereocenters. The summed E-state index contributed by atoms with van der Waals surface area (Å²) < 4.78 is 0. The third kappa shape index (κ3) is 2.64. The fraction of sp³-hybridized carbons (Fsp3) is 0.143. The maximum absolute atomic E-state index is 11.6. The van der Waals surface area contributed by atoms with Crippen LogP contribution in [0.5, 0.6) is 0 Å². The van der Waals surface area contributed by atoms with Gasteiger partial charge in [0.1, 0.15) is 5.92 Å². The standard InChI is InChI=1S/C14H13N3O3/c1-8-4-5-10(13(15)18)12(17-8)11(14(19)20)9-3-2-6-16-7-9/h2-7,11H,1H3,(H2,15,18)(H,19,20). The number of primary amides is 1. The van der Waals surface area contributed by atoms with E-state index in [1.54, 1.807) is 31.3 Å². The van der Waals surface area contributed by atoms with Gasteiger partial charge in [0.2, 0.25) is 0 Å². The van der Waals surface area contributed by atoms with Crippen LogP contribution in [0.3, 0.4) is 0 Å². The lowest BCUT2D eigenvalue weighted by molar-refractivity contribution is -0.137. The molecule has 3 N–H and O–H groups in total. The van der Waals surface area contributed by atoms with Crippen molar-refractivity contribution in [3.05, 3.63) is 59.2 Å². The Morgan fingerprint density at radius 2 is 2.05 bits per heavy atom. The van der Waals surface area contributed by atoms with E-state index in [9.17, 15) is 14.7 Å². The largest absolute Gasteiger partial charge is 0.480 e. The van der Waals surface area contributed by atoms with Crippen LogP contribution in [0.15, 0.2) is 36.7 Å². The molecule has 6 heteroatoms. The Morgan fingerprint density at radius 1 is 1.30 bits per heavy atom. The maximum Gasteiger partial charge on any atom is 0.317 e. The average molecular weight is 271 g/mol. The van der Waals surface area contributed by atoms with Gasteiger partial charge in [-0.1, -0.05) is 6.07 Å². The van der Waals surface area contributed by atoms with Crippen molar-refractivity contribution in [2.75, 3.05) is 0 Å². The minimum Gasteiger partial charge on any atom is -0.480 e. The van der Waals surface area contributed by atoms with Crippen molar-refractivity contribution in [1.29, 1.82) is 0 Å². The number of carboxylic acid groups (broad SMARTS) is 1. The van der Waals surface area contributed by atoms with Crippen molar-refractivity contribution < 1.29 is 14.7 Å². The van der Waals surface area contributed by atoms with Gasteiger partial charge in [-0.3, -0.25) is 19.6 Å². The molecule has 6 nitrogen and oxygen atoms in total. The van der Waals surface area contributed by atoms with E-state index in [-0.39, 0.29) is 11.3 Å². The van der Waals surface area contributed by atoms with Gasteiger partial charge in [0.25, 0.3) is 5.91 Å². The lowest BCUT2D eigenvalue weighted by Crippen LogP contribution is -2.22. The molecule has 0 aliphatic heterocycles. The number of amides is 1. The Morgan fingerprint density at radius 3 is 2.60 bits per heavy atom. The first-order valence-electron chi connectivity index (χ1n) is 5.90. The first-order chi connectivity index (χ1) is 9.50. The van der Waals surface area contributed by atoms with Crippen molar-refractivity contribution in [2.24, 2.45) is 5.73 Å². The zero-order valence-corrected chi connectivity index (χ0v) is 10.8. The molecule has 2 aromatic rings. The molecule has 0 bridgehead atoms. The molecule has 0 aliphatic carbocycles. The number of aromatic nitrogens is 2. The fourth-order valence-electron chi connectivity index (χ4n) is 1.97. The summed E-state index contributed by atoms with van der Waals surface area (Å²) in [6.07, 6.45) is 2.98. The second-order valence-corrected chi connectivity index (χ2v) is 4.31. The number of hydrogen-bond donors (Lipinski definition) is 2. The monoisotopic (exact) mass is 271 g/mol. The summed E-state index contributed by atoms with van der Waals surface area (Å²) in [5.74, 6) is -2.90. The molecule has 20 heavy (non-hydrogen) atoms. The lowest BCUT2D eigenvalue weighted by atomic mass is 9.93. The highest BCUT2D eigenvalue weighted by Crippen LogP contribution is 2.26. The van der Waals surface area contributed by atoms with E-state index in [0.717, 1.165) is 0 Å². The fourth-order valence-corrected chi connectivity index (χ4v) is 1.97. The second-order valence-electron chi connectivity index (χ2n) is 4.31. The number of pyridine rings is 2. The zero-order valence-electron chi connectivity index (χ0n) is 10.8. The summed E-state index contributed by atoms with van der Waals surface area (Å²) in [4.78, 5) is 31.1. The molecule has 0 aromatic carbocycles. The zero-order chi connectivity index (χ0) is 14.7. The van der Waals surface area contributed by atoms with Crippen LogP contribution < -0.4 is 5.73 Å². The number of nitrogens with zero attached hydrogens (tertiary/aromatic N) is 2. The minimum atomic E-state index is -1.11. The molecule has 0 spiro atoms. The van der Waals surface area contributed by atoms with E-state index in [0.29, 0.717) is 11.3 Å². The van der Waals surface area contributed by atoms with Crippen molar-refractivity contribution in [1.82, 2.24) is 9.97 Å². The van der Waals surface area contributed by atoms with Crippen LogP contribution in [0.25, 0.3) is 0 Å². The molecular weight excluding hydrogens is 258 g/mol. The van der Waals surface area contributed by atoms with Crippen LogP contribution >= 0.6 is 0 Å². The predicted octanol–water partition coefficient (Wildman–Crippen LogP) is 1.10. The van der Waals surface area contributed by atoms with Crippen LogP contribution in [0, 0.1) is 6.92 Å². The quantitative estimate of drug-likeness (QED) is 0.866. The molecular formula is C14H13N3O3. The Bertz CT molecular complexity index is 656. The van der Waals surface area contributed by atoms with Crippen molar-refractivity contribution in [3.63, 3.8) is 0 Å². The summed E-state index contributed by atoms with van der Waals surface area (Å²) >= 11 is 0. The number of nitrogens with two attached hydrogens (primary N) is 1. The summed E-state index contributed by atoms with van der Waals surface area (Å²) in [6.45, 7) is 1.72. The van der Waals surface area contributed by atoms with Gasteiger partial charge in [0, 0.05) is 18.1 Å². The van der Waals surface area contributed by atoms with Crippen LogP contribution in [0.1, 0.15) is 33.2 Å². The van der Waals surface area contributed by atoms with Crippen LogP contribution in [0.4, 0.5) is 0 Å². The molecule has 1 amide bonds. The molecule has 2 heterocycles. The van der Waals surface area contributed by atoms with Gasteiger partial charge in [0.15, 0.2) is 0 Å². The summed E-state index contributed by atoms with van der Waals surface area (Å²) in [5, 5.41) is 9.46. The van der Waals surface area contributed by atoms with Crippen molar-refractivity contribution >= 4 is 11.9 Å². The first kappa shape index (κ1) is 13.7. The molecule has 102 valence electrons. The van der Waals surface area contributed by atoms with Gasteiger partial charge < -0.3 is 10.8 Å². The molecule has 2 rings (SSSR count). The number of hydrogen-bond acceptors (Lipinski definition) is 4. The van der Waals surface area contributed by atoms with Crippen LogP contribution in [-0.2, 0) is 4.79 Å². The van der Waals surface area contributed by atoms with Gasteiger partial charge in [-0.2, -0.15) is 0 Å². The predicted molar refractivity (Wildman–Crippen MR) is 71.2 cm³/mol. The van der Waals surface area contributed by atoms with Gasteiger partial charge in [-0.25, -0.2) is 0 Å². The number of carbonyl (C=O) groups excluding carboxylic acids is 1. The van der Waals surface area contributed by atoms with Gasteiger partial charge in [0.05, 0.1) is 11.3 Å². The smallest absolute Gasteiger partial charge is 0.317 e. The number of carboxylic acids is 1. The van der Waals surface area contributed by atoms with E-state index in [2.05, 4.69) is 9.97 Å². The van der Waals surface area contributed by atoms with E-state index in [4.69, 9.17) is 5.73 Å². The minimum absolute atomic E-state index is 0.104. The molecule has 0 saturated carbocycles. The SMILES string of the molecule is Cc1ccc(C(N)=O)c(C(C(=O)O)c2cccnc2)n1. The Kier molecular flexibility index (Phi) is 3.74. The Hall–Kier alpha value is -2.76. The Labute approximate surface area is 115 Å². The maximum atomic E-state index is 11.6. The van der Waals surface area contributed by atoms with Crippen molar-refractivity contribution in [2.45, 2.75) is 12.8 Å². The van der Waals surface area contributed by atoms with Gasteiger partial charge in [-0.15, -0.1) is 0 Å². The second kappa shape index (κ2) is 5.48. The molecule has 0 radical (unpaired) electrons. The molecule has 1 unspecified atom stereocenters. The van der Waals surface area contributed by atoms with E-state index < -0.39 is 17.8 Å². The Balaban J connectivity index is 2.64. The highest BCUT2D eigenvalue weighted by molar-refractivity contribution is 5.96. The highest BCUT2D eigenvalue weighted by Gasteiger charge is 2.28. The first-order valence-corrected chi connectivity index (χ1v) is 5.90. The van der Waals surface area contributed by atoms with E-state index in [1.807, 2.05) is 0 Å². The summed E-state index contributed by atoms with van der Waals surface area (Å²) in [7, 11) is 0. The normalized spacial score (nSPS) is 11.8. The molecule has 0 saturated heterocycles. The van der Waals surface area contributed by atoms with E-state index >= 15 is 0 Å². The molecule has 0 fully saturated rings.